The highest BCUT2D eigenvalue weighted by atomic mass is 16.1. The summed E-state index contributed by atoms with van der Waals surface area (Å²) in [5.41, 5.74) is 5.49. The first kappa shape index (κ1) is 12.6. The van der Waals surface area contributed by atoms with Gasteiger partial charge >= 0.3 is 0 Å². The minimum Gasteiger partial charge on any atom is -0.346 e. The fraction of sp³-hybridized carbons (Fsp3) is 0.700. The molecule has 0 bridgehead atoms. The Labute approximate surface area is 95.0 Å². The first-order valence-corrected chi connectivity index (χ1v) is 5.32. The molecule has 1 heterocycles. The maximum atomic E-state index is 11.6. The minimum absolute atomic E-state index is 0.0255. The van der Waals surface area contributed by atoms with Crippen LogP contribution in [0.1, 0.15) is 45.5 Å². The second-order valence-corrected chi connectivity index (χ2v) is 4.65. The van der Waals surface area contributed by atoms with Gasteiger partial charge in [-0.25, -0.2) is 4.98 Å². The van der Waals surface area contributed by atoms with Crippen LogP contribution in [0, 0.1) is 0 Å². The van der Waals surface area contributed by atoms with Crippen LogP contribution in [0.25, 0.3) is 0 Å². The van der Waals surface area contributed by atoms with Gasteiger partial charge in [-0.05, 0) is 27.2 Å². The molecular weight excluding hydrogens is 206 g/mol. The van der Waals surface area contributed by atoms with Crippen LogP contribution in [-0.2, 0) is 4.79 Å². The van der Waals surface area contributed by atoms with Crippen LogP contribution in [0.15, 0.2) is 6.33 Å². The average molecular weight is 225 g/mol. The maximum Gasteiger partial charge on any atom is 0.220 e. The molecule has 90 valence electrons. The minimum atomic E-state index is -0.313. The molecule has 16 heavy (non-hydrogen) atoms. The van der Waals surface area contributed by atoms with Gasteiger partial charge in [-0.3, -0.25) is 9.89 Å². The Kier molecular flexibility index (Phi) is 4.00. The third-order valence-corrected chi connectivity index (χ3v) is 2.22. The molecule has 6 nitrogen and oxygen atoms in total. The molecule has 0 saturated carbocycles. The van der Waals surface area contributed by atoms with Crippen molar-refractivity contribution in [3.63, 3.8) is 0 Å². The summed E-state index contributed by atoms with van der Waals surface area (Å²) in [4.78, 5) is 15.5. The van der Waals surface area contributed by atoms with Gasteiger partial charge in [-0.15, -0.1) is 0 Å². The topological polar surface area (TPSA) is 96.7 Å². The lowest BCUT2D eigenvalue weighted by Crippen LogP contribution is -2.35. The number of carbonyl (C=O) groups is 1. The van der Waals surface area contributed by atoms with Gasteiger partial charge in [0.25, 0.3) is 0 Å². The summed E-state index contributed by atoms with van der Waals surface area (Å²) in [6, 6.07) is -0.157. The zero-order valence-electron chi connectivity index (χ0n) is 9.95. The number of carbonyl (C=O) groups excluding carboxylic acids is 1. The SMILES string of the molecule is CC(NC(=O)CCC(C)(C)N)c1ncn[nH]1. The summed E-state index contributed by atoms with van der Waals surface area (Å²) in [5.74, 6) is 0.628. The first-order chi connectivity index (χ1) is 7.38. The van der Waals surface area contributed by atoms with E-state index < -0.39 is 0 Å². The second kappa shape index (κ2) is 5.07. The van der Waals surface area contributed by atoms with Crippen molar-refractivity contribution in [2.24, 2.45) is 5.73 Å². The third kappa shape index (κ3) is 4.39. The van der Waals surface area contributed by atoms with Gasteiger partial charge < -0.3 is 11.1 Å². The van der Waals surface area contributed by atoms with E-state index in [2.05, 4.69) is 20.5 Å². The summed E-state index contributed by atoms with van der Waals surface area (Å²) in [5, 5.41) is 9.27. The average Bonchev–Trinajstić information content (AvgIpc) is 2.66. The third-order valence-electron chi connectivity index (χ3n) is 2.22. The monoisotopic (exact) mass is 225 g/mol. The summed E-state index contributed by atoms with van der Waals surface area (Å²) in [6.07, 6.45) is 2.49. The molecular formula is C10H19N5O. The van der Waals surface area contributed by atoms with Crippen molar-refractivity contribution in [1.82, 2.24) is 20.5 Å². The fourth-order valence-electron chi connectivity index (χ4n) is 1.24. The highest BCUT2D eigenvalue weighted by Crippen LogP contribution is 2.09. The summed E-state index contributed by atoms with van der Waals surface area (Å²) in [7, 11) is 0. The molecule has 6 heteroatoms. The van der Waals surface area contributed by atoms with Gasteiger partial charge in [0.1, 0.15) is 12.2 Å². The normalized spacial score (nSPS) is 13.5. The predicted molar refractivity (Wildman–Crippen MR) is 60.4 cm³/mol. The van der Waals surface area contributed by atoms with E-state index in [9.17, 15) is 4.79 Å². The number of aromatic amines is 1. The highest BCUT2D eigenvalue weighted by molar-refractivity contribution is 5.76. The predicted octanol–water partition coefficient (Wildman–Crippen LogP) is 0.499. The van der Waals surface area contributed by atoms with E-state index in [0.29, 0.717) is 18.7 Å². The van der Waals surface area contributed by atoms with Crippen molar-refractivity contribution >= 4 is 5.91 Å². The number of nitrogens with zero attached hydrogens (tertiary/aromatic N) is 2. The van der Waals surface area contributed by atoms with Crippen molar-refractivity contribution in [2.45, 2.75) is 45.2 Å². The Morgan fingerprint density at radius 3 is 2.88 bits per heavy atom. The van der Waals surface area contributed by atoms with Crippen molar-refractivity contribution < 1.29 is 4.79 Å². The Morgan fingerprint density at radius 1 is 1.69 bits per heavy atom. The molecule has 1 unspecified atom stereocenters. The lowest BCUT2D eigenvalue weighted by Gasteiger charge is -2.18. The molecule has 0 aliphatic heterocycles. The number of amides is 1. The molecule has 0 aliphatic rings. The number of hydrogen-bond acceptors (Lipinski definition) is 4. The lowest BCUT2D eigenvalue weighted by molar-refractivity contribution is -0.122. The lowest BCUT2D eigenvalue weighted by atomic mass is 10.00. The molecule has 1 rings (SSSR count). The Balaban J connectivity index is 2.35. The van der Waals surface area contributed by atoms with Gasteiger partial charge in [-0.1, -0.05) is 0 Å². The number of aromatic nitrogens is 3. The molecule has 0 aliphatic carbocycles. The van der Waals surface area contributed by atoms with Crippen LogP contribution in [0.5, 0.6) is 0 Å². The quantitative estimate of drug-likeness (QED) is 0.679. The van der Waals surface area contributed by atoms with E-state index in [-0.39, 0.29) is 17.5 Å². The largest absolute Gasteiger partial charge is 0.346 e. The van der Waals surface area contributed by atoms with Crippen molar-refractivity contribution in [2.75, 3.05) is 0 Å². The molecule has 4 N–H and O–H groups in total. The van der Waals surface area contributed by atoms with Crippen LogP contribution in [-0.4, -0.2) is 26.6 Å². The molecule has 0 fully saturated rings. The van der Waals surface area contributed by atoms with Crippen molar-refractivity contribution in [3.8, 4) is 0 Å². The van der Waals surface area contributed by atoms with E-state index >= 15 is 0 Å². The number of hydrogen-bond donors (Lipinski definition) is 3. The van der Waals surface area contributed by atoms with E-state index in [1.54, 1.807) is 0 Å². The van der Waals surface area contributed by atoms with Crippen LogP contribution in [0.3, 0.4) is 0 Å². The van der Waals surface area contributed by atoms with Crippen LogP contribution in [0.2, 0.25) is 0 Å². The molecule has 1 atom stereocenters. The van der Waals surface area contributed by atoms with Crippen molar-refractivity contribution in [1.29, 1.82) is 0 Å². The van der Waals surface area contributed by atoms with Crippen molar-refractivity contribution in [3.05, 3.63) is 12.2 Å². The second-order valence-electron chi connectivity index (χ2n) is 4.65. The maximum absolute atomic E-state index is 11.6. The summed E-state index contributed by atoms with van der Waals surface area (Å²) < 4.78 is 0. The molecule has 0 radical (unpaired) electrons. The van der Waals surface area contributed by atoms with Crippen LogP contribution in [0.4, 0.5) is 0 Å². The van der Waals surface area contributed by atoms with Gasteiger partial charge in [0, 0.05) is 12.0 Å². The smallest absolute Gasteiger partial charge is 0.220 e. The molecule has 1 aromatic heterocycles. The first-order valence-electron chi connectivity index (χ1n) is 5.32. The van der Waals surface area contributed by atoms with Crippen LogP contribution >= 0.6 is 0 Å². The standard InChI is InChI=1S/C10H19N5O/c1-7(9-12-6-13-15-9)14-8(16)4-5-10(2,3)11/h6-7H,4-5,11H2,1-3H3,(H,14,16)(H,12,13,15). The summed E-state index contributed by atoms with van der Waals surface area (Å²) >= 11 is 0. The number of rotatable bonds is 5. The number of H-pyrrole nitrogens is 1. The Hall–Kier alpha value is -1.43. The van der Waals surface area contributed by atoms with Gasteiger partial charge in [-0.2, -0.15) is 5.10 Å². The van der Waals surface area contributed by atoms with Crippen LogP contribution < -0.4 is 11.1 Å². The molecule has 1 aromatic rings. The Bertz CT molecular complexity index is 327. The van der Waals surface area contributed by atoms with E-state index in [1.807, 2.05) is 20.8 Å². The van der Waals surface area contributed by atoms with Gasteiger partial charge in [0.15, 0.2) is 0 Å². The number of nitrogens with two attached hydrogens (primary N) is 1. The molecule has 0 spiro atoms. The summed E-state index contributed by atoms with van der Waals surface area (Å²) in [6.45, 7) is 5.66. The molecule has 0 saturated heterocycles. The van der Waals surface area contributed by atoms with E-state index in [1.165, 1.54) is 6.33 Å². The zero-order chi connectivity index (χ0) is 12.2. The Morgan fingerprint density at radius 2 is 2.38 bits per heavy atom. The zero-order valence-corrected chi connectivity index (χ0v) is 9.95. The van der Waals surface area contributed by atoms with E-state index in [0.717, 1.165) is 0 Å². The van der Waals surface area contributed by atoms with Gasteiger partial charge in [0.05, 0.1) is 6.04 Å². The molecule has 1 amide bonds. The number of nitrogens with one attached hydrogen (secondary N) is 2. The van der Waals surface area contributed by atoms with Gasteiger partial charge in [0.2, 0.25) is 5.91 Å². The van der Waals surface area contributed by atoms with E-state index in [4.69, 9.17) is 5.73 Å². The highest BCUT2D eigenvalue weighted by Gasteiger charge is 2.15. The fourth-order valence-corrected chi connectivity index (χ4v) is 1.24. The molecule has 0 aromatic carbocycles.